The molecule has 0 unspecified atom stereocenters. The van der Waals surface area contributed by atoms with Crippen LogP contribution < -0.4 is 13.5 Å². The largest absolute Gasteiger partial charge is 0 e. The van der Waals surface area contributed by atoms with E-state index in [1.54, 1.807) is 0 Å². The third-order valence-corrected chi connectivity index (χ3v) is 13.7. The molecule has 52 heavy (non-hydrogen) atoms. The van der Waals surface area contributed by atoms with Crippen LogP contribution in [0.25, 0.3) is 55.6 Å². The molecule has 0 aliphatic heterocycles. The van der Waals surface area contributed by atoms with Crippen molar-refractivity contribution in [1.82, 2.24) is 0 Å². The van der Waals surface area contributed by atoms with Crippen molar-refractivity contribution >= 4 is 39.6 Å². The van der Waals surface area contributed by atoms with Crippen molar-refractivity contribution in [3.8, 4) is 33.6 Å². The Kier molecular flexibility index (Phi) is 11.5. The zero-order valence-corrected chi connectivity index (χ0v) is 36.1. The average Bonchev–Trinajstić information content (AvgIpc) is 3.44. The first kappa shape index (κ1) is 38.9. The Labute approximate surface area is 327 Å². The van der Waals surface area contributed by atoms with Gasteiger partial charge in [0.2, 0.25) is 0 Å². The molecule has 0 aliphatic rings. The molecule has 7 rings (SSSR count). The summed E-state index contributed by atoms with van der Waals surface area (Å²) in [6.07, 6.45) is 5.29. The summed E-state index contributed by atoms with van der Waals surface area (Å²) in [4.78, 5) is 0. The molecule has 0 atom stereocenters. The van der Waals surface area contributed by atoms with Crippen LogP contribution in [0, 0.1) is 40.3 Å². The number of rotatable bonds is 5. The van der Waals surface area contributed by atoms with Crippen LogP contribution >= 0.6 is 0 Å². The Bertz CT molecular complexity index is 2360. The van der Waals surface area contributed by atoms with E-state index in [0.29, 0.717) is 0 Å². The fourth-order valence-electron chi connectivity index (χ4n) is 6.70. The predicted octanol–water partition coefficient (Wildman–Crippen LogP) is 10.9. The molecule has 0 saturated heterocycles. The van der Waals surface area contributed by atoms with Gasteiger partial charge >= 0.3 is 113 Å². The van der Waals surface area contributed by atoms with Crippen LogP contribution in [0.5, 0.6) is 0 Å². The molecule has 0 spiro atoms. The first-order valence-electron chi connectivity index (χ1n) is 17.6. The van der Waals surface area contributed by atoms with Crippen molar-refractivity contribution in [1.29, 1.82) is 0 Å². The van der Waals surface area contributed by atoms with E-state index in [9.17, 15) is 0 Å². The molecule has 0 amide bonds. The zero-order valence-electron chi connectivity index (χ0n) is 31.6. The maximum Gasteiger partial charge on any atom is 0 e. The second-order valence-corrected chi connectivity index (χ2v) is 26.6. The minimum Gasteiger partial charge on any atom is 0 e. The van der Waals surface area contributed by atoms with Gasteiger partial charge < -0.3 is 8.98 Å². The average molecular weight is 924 g/mol. The minimum atomic E-state index is -1.78. The molecule has 1 radical (unpaired) electrons. The van der Waals surface area contributed by atoms with Gasteiger partial charge in [-0.25, -0.2) is 0 Å². The summed E-state index contributed by atoms with van der Waals surface area (Å²) >= 11 is -1.78. The number of nitrogens with zero attached hydrogens (tertiary/aromatic N) is 2. The molecule has 0 saturated carbocycles. The summed E-state index contributed by atoms with van der Waals surface area (Å²) in [7, 11) is 8.43. The van der Waals surface area contributed by atoms with E-state index >= 15 is 0 Å². The molecule has 0 aliphatic carbocycles. The van der Waals surface area contributed by atoms with Crippen molar-refractivity contribution in [2.75, 3.05) is 0 Å². The van der Waals surface area contributed by atoms with Crippen LogP contribution in [0.1, 0.15) is 43.0 Å². The number of hydrogen-bond donors (Lipinski definition) is 0. The summed E-state index contributed by atoms with van der Waals surface area (Å²) < 4.78 is 11.9. The fourth-order valence-corrected chi connectivity index (χ4v) is 9.06. The van der Waals surface area contributed by atoms with Crippen molar-refractivity contribution in [2.24, 2.45) is 5.41 Å². The maximum absolute atomic E-state index is 6.53. The van der Waals surface area contributed by atoms with E-state index in [4.69, 9.17) is 4.42 Å². The van der Waals surface area contributed by atoms with E-state index in [2.05, 4.69) is 164 Å². The predicted molar refractivity (Wildman–Crippen MR) is 218 cm³/mol. The molecule has 3 heterocycles. The van der Waals surface area contributed by atoms with Gasteiger partial charge in [0.1, 0.15) is 5.58 Å². The van der Waals surface area contributed by atoms with Gasteiger partial charge in [-0.05, 0) is 47.6 Å². The third-order valence-electron chi connectivity index (χ3n) is 9.47. The van der Waals surface area contributed by atoms with E-state index in [-0.39, 0.29) is 25.5 Å². The molecular formula is C47H50GeIrN2O-2. The number of benzene rings is 4. The second-order valence-electron chi connectivity index (χ2n) is 15.9. The van der Waals surface area contributed by atoms with Gasteiger partial charge in [0, 0.05) is 37.9 Å². The van der Waals surface area contributed by atoms with E-state index in [0.717, 1.165) is 67.6 Å². The first-order chi connectivity index (χ1) is 24.1. The van der Waals surface area contributed by atoms with Crippen LogP contribution in [-0.4, -0.2) is 13.3 Å². The number of pyridine rings is 2. The maximum atomic E-state index is 6.53. The van der Waals surface area contributed by atoms with Gasteiger partial charge in [-0.3, -0.25) is 0 Å². The van der Waals surface area contributed by atoms with Gasteiger partial charge in [0.25, 0.3) is 0 Å². The minimum absolute atomic E-state index is 0. The van der Waals surface area contributed by atoms with Gasteiger partial charge in [-0.1, -0.05) is 74.4 Å². The zero-order chi connectivity index (χ0) is 36.7. The third kappa shape index (κ3) is 8.31. The Balaban J connectivity index is 0.000000234. The van der Waals surface area contributed by atoms with E-state index < -0.39 is 13.3 Å². The SMILES string of the molecule is [CH2-]c1ccc2c(oc3cc(-c4ccccc4)ccc32)c1-c1cc(CC(C)(C)C)c(C)c[n+]1[CH2-].[CH2-]c1ccccc1-c1cc[c]([Ge]([CH3])([CH3])[CH3])c[n+]1[CH2-].[Ir]. The fraction of sp³-hybridized carbons (Fsp3) is 0.191. The van der Waals surface area contributed by atoms with Crippen molar-refractivity contribution in [2.45, 2.75) is 51.4 Å². The molecule has 0 fully saturated rings. The summed E-state index contributed by atoms with van der Waals surface area (Å²) in [6.45, 7) is 17.4. The van der Waals surface area contributed by atoms with Gasteiger partial charge in [-0.2, -0.15) is 18.6 Å². The molecule has 0 N–H and O–H groups in total. The Morgan fingerprint density at radius 3 is 1.98 bits per heavy atom. The monoisotopic (exact) mass is 925 g/mol. The number of aromatic nitrogens is 2. The van der Waals surface area contributed by atoms with Crippen LogP contribution in [0.4, 0.5) is 0 Å². The summed E-state index contributed by atoms with van der Waals surface area (Å²) in [5.41, 5.74) is 13.1. The molecule has 7 aromatic rings. The summed E-state index contributed by atoms with van der Waals surface area (Å²) in [5, 5.41) is 2.22. The van der Waals surface area contributed by atoms with Crippen molar-refractivity contribution in [3.63, 3.8) is 0 Å². The normalized spacial score (nSPS) is 11.6. The van der Waals surface area contributed by atoms with Gasteiger partial charge in [0.15, 0.2) is 0 Å². The molecule has 3 nitrogen and oxygen atoms in total. The molecule has 4 aromatic carbocycles. The van der Waals surface area contributed by atoms with Crippen LogP contribution in [0.15, 0.2) is 120 Å². The second kappa shape index (κ2) is 15.3. The standard InChI is InChI=1S/C31H30NO.C16H20GeN.Ir/c1-20-12-14-26-25-15-13-23(22-10-8-7-9-11-22)17-28(25)33-30(26)29(20)27-16-24(18-31(3,4)5)21(2)19-32(27)6;1-13-8-6-7-9-15(13)16-11-10-14(12-18(16)5)17(2,3)4;/h7-17,19H,1,6,18H2,2-5H3;6-12H,1,5H2,2-4H3;/q2*-1;. The Morgan fingerprint density at radius 1 is 0.673 bits per heavy atom. The smallest absolute Gasteiger partial charge is 0 e. The quantitative estimate of drug-likeness (QED) is 0.0957. The van der Waals surface area contributed by atoms with E-state index in [1.807, 2.05) is 33.4 Å². The number of furan rings is 1. The molecule has 0 bridgehead atoms. The van der Waals surface area contributed by atoms with E-state index in [1.165, 1.54) is 21.1 Å². The Morgan fingerprint density at radius 2 is 1.33 bits per heavy atom. The van der Waals surface area contributed by atoms with Crippen LogP contribution in [0.2, 0.25) is 17.3 Å². The van der Waals surface area contributed by atoms with Crippen molar-refractivity contribution in [3.05, 3.63) is 166 Å². The van der Waals surface area contributed by atoms with Gasteiger partial charge in [-0.15, -0.1) is 6.07 Å². The van der Waals surface area contributed by atoms with Gasteiger partial charge in [0.05, 0.1) is 17.5 Å². The summed E-state index contributed by atoms with van der Waals surface area (Å²) in [5.74, 6) is 7.18. The topological polar surface area (TPSA) is 20.9 Å². The molecule has 5 heteroatoms. The molecule has 269 valence electrons. The van der Waals surface area contributed by atoms with Crippen molar-refractivity contribution < 1.29 is 33.7 Å². The van der Waals surface area contributed by atoms with Crippen LogP contribution in [0.3, 0.4) is 0 Å². The molecular weight excluding hydrogens is 873 g/mol. The Hall–Kier alpha value is -4.35. The molecule has 3 aromatic heterocycles. The number of hydrogen-bond acceptors (Lipinski definition) is 1. The first-order valence-corrected chi connectivity index (χ1v) is 25.0. The summed E-state index contributed by atoms with van der Waals surface area (Å²) in [6, 6.07) is 35.9. The number of fused-ring (bicyclic) bond motifs is 3. The van der Waals surface area contributed by atoms with Crippen LogP contribution in [-0.2, 0) is 26.5 Å². The number of aryl methyl sites for hydroxylation is 1.